The third-order valence-corrected chi connectivity index (χ3v) is 6.30. The second kappa shape index (κ2) is 10.4. The zero-order valence-corrected chi connectivity index (χ0v) is 21.4. The smallest absolute Gasteiger partial charge is 0.295 e. The Hall–Kier alpha value is -3.52. The summed E-state index contributed by atoms with van der Waals surface area (Å²) in [5, 5.41) is 21.9. The fourth-order valence-electron chi connectivity index (χ4n) is 4.37. The minimum Gasteiger partial charge on any atom is -0.507 e. The van der Waals surface area contributed by atoms with Crippen LogP contribution in [0.4, 0.5) is 0 Å². The molecule has 2 aromatic rings. The number of likely N-dealkylation sites (N-methyl/N-ethyl adjacent to an activating group) is 1. The van der Waals surface area contributed by atoms with Gasteiger partial charge >= 0.3 is 0 Å². The second-order valence-corrected chi connectivity index (χ2v) is 9.29. The van der Waals surface area contributed by atoms with Gasteiger partial charge in [0, 0.05) is 18.7 Å². The van der Waals surface area contributed by atoms with Gasteiger partial charge in [-0.2, -0.15) is 0 Å². The van der Waals surface area contributed by atoms with Crippen LogP contribution in [0.25, 0.3) is 5.76 Å². The highest BCUT2D eigenvalue weighted by Crippen LogP contribution is 2.43. The second-order valence-electron chi connectivity index (χ2n) is 9.29. The molecule has 0 aromatic heterocycles. The number of phenolic OH excluding ortho intramolecular Hbond substituents is 1. The highest BCUT2D eigenvalue weighted by Gasteiger charge is 2.46. The number of phenols is 1. The van der Waals surface area contributed by atoms with E-state index in [1.807, 2.05) is 51.9 Å². The zero-order chi connectivity index (χ0) is 26.0. The molecule has 0 spiro atoms. The van der Waals surface area contributed by atoms with Crippen molar-refractivity contribution in [2.24, 2.45) is 0 Å². The lowest BCUT2D eigenvalue weighted by Gasteiger charge is -2.27. The molecule has 35 heavy (non-hydrogen) atoms. The van der Waals surface area contributed by atoms with E-state index < -0.39 is 17.7 Å². The minimum atomic E-state index is -0.865. The van der Waals surface area contributed by atoms with Crippen molar-refractivity contribution in [2.75, 3.05) is 41.4 Å². The highest BCUT2D eigenvalue weighted by molar-refractivity contribution is 6.46. The number of carbonyl (C=O) groups is 2. The van der Waals surface area contributed by atoms with Gasteiger partial charge in [0.1, 0.15) is 11.5 Å². The lowest BCUT2D eigenvalue weighted by atomic mass is 9.91. The molecule has 8 heteroatoms. The van der Waals surface area contributed by atoms with E-state index >= 15 is 0 Å². The van der Waals surface area contributed by atoms with E-state index in [-0.39, 0.29) is 35.3 Å². The van der Waals surface area contributed by atoms with Crippen molar-refractivity contribution in [3.8, 4) is 17.2 Å². The summed E-state index contributed by atoms with van der Waals surface area (Å²) >= 11 is 0. The largest absolute Gasteiger partial charge is 0.507 e. The molecule has 2 N–H and O–H groups in total. The van der Waals surface area contributed by atoms with Gasteiger partial charge in [-0.25, -0.2) is 0 Å². The number of hydrogen-bond donors (Lipinski definition) is 2. The summed E-state index contributed by atoms with van der Waals surface area (Å²) in [6, 6.07) is 7.49. The predicted molar refractivity (Wildman–Crippen MR) is 134 cm³/mol. The summed E-state index contributed by atoms with van der Waals surface area (Å²) in [6.45, 7) is 6.63. The Morgan fingerprint density at radius 3 is 2.29 bits per heavy atom. The van der Waals surface area contributed by atoms with E-state index in [9.17, 15) is 19.8 Å². The van der Waals surface area contributed by atoms with Gasteiger partial charge < -0.3 is 29.5 Å². The quantitative estimate of drug-likeness (QED) is 0.335. The Balaban J connectivity index is 2.26. The van der Waals surface area contributed by atoms with E-state index in [0.29, 0.717) is 29.0 Å². The molecule has 1 aliphatic heterocycles. The number of methoxy groups -OCH3 is 2. The molecule has 3 rings (SSSR count). The Morgan fingerprint density at radius 2 is 1.74 bits per heavy atom. The number of carbonyl (C=O) groups excluding carboxylic acids is 2. The van der Waals surface area contributed by atoms with E-state index in [1.54, 1.807) is 19.2 Å². The predicted octanol–water partition coefficient (Wildman–Crippen LogP) is 3.82. The molecule has 1 fully saturated rings. The van der Waals surface area contributed by atoms with E-state index in [0.717, 1.165) is 5.56 Å². The fraction of sp³-hybridized carbons (Fsp3) is 0.407. The summed E-state index contributed by atoms with van der Waals surface area (Å²) in [6.07, 6.45) is 0. The molecule has 1 amide bonds. The average molecular weight is 483 g/mol. The van der Waals surface area contributed by atoms with Gasteiger partial charge in [0.2, 0.25) is 0 Å². The molecule has 0 radical (unpaired) electrons. The van der Waals surface area contributed by atoms with E-state index in [2.05, 4.69) is 0 Å². The molecule has 188 valence electrons. The highest BCUT2D eigenvalue weighted by atomic mass is 16.5. The monoisotopic (exact) mass is 482 g/mol. The molecule has 1 saturated heterocycles. The molecule has 0 saturated carbocycles. The number of hydrogen-bond acceptors (Lipinski definition) is 7. The van der Waals surface area contributed by atoms with Crippen LogP contribution >= 0.6 is 0 Å². The minimum absolute atomic E-state index is 0.0127. The molecule has 1 unspecified atom stereocenters. The molecule has 8 nitrogen and oxygen atoms in total. The molecule has 1 heterocycles. The van der Waals surface area contributed by atoms with E-state index in [1.165, 1.54) is 18.1 Å². The van der Waals surface area contributed by atoms with E-state index in [4.69, 9.17) is 9.47 Å². The van der Waals surface area contributed by atoms with Crippen molar-refractivity contribution in [2.45, 2.75) is 32.7 Å². The number of Topliss-reactive ketones (excluding diaryl/α,β-unsaturated/α-hetero) is 1. The first-order valence-corrected chi connectivity index (χ1v) is 11.5. The van der Waals surface area contributed by atoms with Crippen molar-refractivity contribution in [3.63, 3.8) is 0 Å². The maximum atomic E-state index is 13.3. The Bertz CT molecular complexity index is 1170. The number of aliphatic hydroxyl groups is 1. The lowest BCUT2D eigenvalue weighted by Crippen LogP contribution is -2.35. The van der Waals surface area contributed by atoms with Gasteiger partial charge in [-0.1, -0.05) is 19.9 Å². The van der Waals surface area contributed by atoms with Gasteiger partial charge in [-0.15, -0.1) is 0 Å². The Labute approximate surface area is 206 Å². The number of benzene rings is 2. The van der Waals surface area contributed by atoms with Crippen molar-refractivity contribution < 1.29 is 29.3 Å². The average Bonchev–Trinajstić information content (AvgIpc) is 3.06. The number of rotatable bonds is 8. The van der Waals surface area contributed by atoms with Crippen LogP contribution in [0.3, 0.4) is 0 Å². The topological polar surface area (TPSA) is 99.5 Å². The fourth-order valence-corrected chi connectivity index (χ4v) is 4.37. The van der Waals surface area contributed by atoms with Crippen LogP contribution < -0.4 is 9.47 Å². The van der Waals surface area contributed by atoms with Crippen LogP contribution in [-0.4, -0.2) is 73.1 Å². The van der Waals surface area contributed by atoms with Gasteiger partial charge in [0.05, 0.1) is 25.8 Å². The first-order valence-electron chi connectivity index (χ1n) is 11.5. The summed E-state index contributed by atoms with van der Waals surface area (Å²) in [5.41, 5.74) is 2.53. The van der Waals surface area contributed by atoms with Gasteiger partial charge in [-0.05, 0) is 67.9 Å². The molecule has 1 atom stereocenters. The summed E-state index contributed by atoms with van der Waals surface area (Å²) in [7, 11) is 6.78. The molecule has 0 bridgehead atoms. The van der Waals surface area contributed by atoms with Crippen LogP contribution in [0.5, 0.6) is 17.2 Å². The van der Waals surface area contributed by atoms with Crippen LogP contribution in [0, 0.1) is 6.92 Å². The first-order chi connectivity index (χ1) is 16.5. The number of nitrogens with zero attached hydrogens (tertiary/aromatic N) is 2. The number of likely N-dealkylation sites (tertiary alicyclic amines) is 1. The van der Waals surface area contributed by atoms with Crippen molar-refractivity contribution >= 4 is 17.4 Å². The third kappa shape index (κ3) is 4.98. The first kappa shape index (κ1) is 26.1. The summed E-state index contributed by atoms with van der Waals surface area (Å²) in [5.74, 6) is -0.756. The number of aromatic hydroxyl groups is 1. The van der Waals surface area contributed by atoms with Crippen LogP contribution in [0.2, 0.25) is 0 Å². The zero-order valence-electron chi connectivity index (χ0n) is 21.4. The number of aryl methyl sites for hydroxylation is 1. The Kier molecular flexibility index (Phi) is 7.75. The summed E-state index contributed by atoms with van der Waals surface area (Å²) < 4.78 is 10.7. The SMILES string of the molecule is COc1ccc(C2/C(=C(\O)c3cc(C(C)C)c(OC)cc3C)C(=O)C(=O)N2CCN(C)C)cc1O. The van der Waals surface area contributed by atoms with Crippen molar-refractivity contribution in [1.29, 1.82) is 0 Å². The molecular formula is C27H34N2O6. The maximum Gasteiger partial charge on any atom is 0.295 e. The molecule has 0 aliphatic carbocycles. The normalized spacial score (nSPS) is 17.5. The third-order valence-electron chi connectivity index (χ3n) is 6.30. The van der Waals surface area contributed by atoms with Crippen LogP contribution in [0.15, 0.2) is 35.9 Å². The molecular weight excluding hydrogens is 448 g/mol. The number of aliphatic hydroxyl groups excluding tert-OH is 1. The van der Waals surface area contributed by atoms with Gasteiger partial charge in [-0.3, -0.25) is 9.59 Å². The number of ether oxygens (including phenoxy) is 2. The van der Waals surface area contributed by atoms with Gasteiger partial charge in [0.25, 0.3) is 11.7 Å². The molecule has 2 aromatic carbocycles. The van der Waals surface area contributed by atoms with Crippen LogP contribution in [-0.2, 0) is 9.59 Å². The number of ketones is 1. The van der Waals surface area contributed by atoms with Crippen molar-refractivity contribution in [3.05, 3.63) is 58.2 Å². The Morgan fingerprint density at radius 1 is 1.09 bits per heavy atom. The summed E-state index contributed by atoms with van der Waals surface area (Å²) in [4.78, 5) is 29.8. The molecule has 1 aliphatic rings. The maximum absolute atomic E-state index is 13.3. The number of amides is 1. The lowest BCUT2D eigenvalue weighted by molar-refractivity contribution is -0.140. The van der Waals surface area contributed by atoms with Crippen LogP contribution in [0.1, 0.15) is 48.1 Å². The van der Waals surface area contributed by atoms with Crippen molar-refractivity contribution in [1.82, 2.24) is 9.80 Å². The standard InChI is InChI=1S/C27H34N2O6/c1-15(2)18-14-19(16(3)12-22(18)35-7)25(31)23-24(17-8-9-21(34-6)20(30)13-17)29(11-10-28(4)5)27(33)26(23)32/h8-9,12-15,24,30-31H,10-11H2,1-7H3/b25-23+. The van der Waals surface area contributed by atoms with Gasteiger partial charge in [0.15, 0.2) is 11.5 Å².